The van der Waals surface area contributed by atoms with Crippen molar-refractivity contribution in [1.82, 2.24) is 4.98 Å². The summed E-state index contributed by atoms with van der Waals surface area (Å²) in [6, 6.07) is 1.83. The van der Waals surface area contributed by atoms with Crippen molar-refractivity contribution in [3.63, 3.8) is 0 Å². The Morgan fingerprint density at radius 3 is 3.00 bits per heavy atom. The minimum Gasteiger partial charge on any atom is -0.327 e. The first kappa shape index (κ1) is 11.6. The van der Waals surface area contributed by atoms with Gasteiger partial charge < -0.3 is 5.73 Å². The van der Waals surface area contributed by atoms with E-state index in [4.69, 9.17) is 17.3 Å². The molecule has 1 aliphatic carbocycles. The maximum Gasteiger partial charge on any atom is 0.141 e. The van der Waals surface area contributed by atoms with Crippen LogP contribution >= 0.6 is 11.6 Å². The van der Waals surface area contributed by atoms with Crippen LogP contribution in [-0.4, -0.2) is 16.8 Å². The number of ketones is 1. The summed E-state index contributed by atoms with van der Waals surface area (Å²) in [5.41, 5.74) is 6.75. The first-order valence-electron chi connectivity index (χ1n) is 5.55. The van der Waals surface area contributed by atoms with Gasteiger partial charge in [0.1, 0.15) is 5.78 Å². The number of hydrogen-bond acceptors (Lipinski definition) is 3. The third-order valence-electron chi connectivity index (χ3n) is 3.20. The monoisotopic (exact) mass is 238 g/mol. The lowest BCUT2D eigenvalue weighted by Gasteiger charge is -2.14. The summed E-state index contributed by atoms with van der Waals surface area (Å²) in [6.07, 6.45) is 6.53. The van der Waals surface area contributed by atoms with E-state index in [-0.39, 0.29) is 17.7 Å². The highest BCUT2D eigenvalue weighted by Gasteiger charge is 2.30. The number of halogens is 1. The quantitative estimate of drug-likeness (QED) is 0.876. The van der Waals surface area contributed by atoms with E-state index < -0.39 is 0 Å². The van der Waals surface area contributed by atoms with Gasteiger partial charge in [-0.3, -0.25) is 9.78 Å². The van der Waals surface area contributed by atoms with Crippen LogP contribution in [0.25, 0.3) is 0 Å². The average molecular weight is 239 g/mol. The minimum absolute atomic E-state index is 0.0178. The van der Waals surface area contributed by atoms with Gasteiger partial charge in [-0.2, -0.15) is 0 Å². The fourth-order valence-electron chi connectivity index (χ4n) is 2.25. The lowest BCUT2D eigenvalue weighted by atomic mass is 9.94. The number of rotatable bonds is 3. The molecule has 86 valence electrons. The Hall–Kier alpha value is -0.930. The predicted molar refractivity (Wildman–Crippen MR) is 63.3 cm³/mol. The number of carbonyl (C=O) groups is 1. The number of aromatic nitrogens is 1. The average Bonchev–Trinajstić information content (AvgIpc) is 2.68. The van der Waals surface area contributed by atoms with Crippen LogP contribution < -0.4 is 5.73 Å². The van der Waals surface area contributed by atoms with Crippen molar-refractivity contribution in [2.75, 3.05) is 0 Å². The number of Topliss-reactive ketones (excluding diaryl/α,β-unsaturated/α-hetero) is 1. The van der Waals surface area contributed by atoms with Crippen molar-refractivity contribution in [2.24, 2.45) is 11.7 Å². The number of pyridine rings is 1. The van der Waals surface area contributed by atoms with Gasteiger partial charge in [0, 0.05) is 30.8 Å². The molecule has 0 spiro atoms. The van der Waals surface area contributed by atoms with E-state index in [1.165, 1.54) is 0 Å². The van der Waals surface area contributed by atoms with E-state index in [9.17, 15) is 4.79 Å². The molecule has 1 aliphatic rings. The second kappa shape index (κ2) is 4.93. The zero-order chi connectivity index (χ0) is 11.5. The first-order chi connectivity index (χ1) is 7.68. The normalized spacial score (nSPS) is 24.6. The van der Waals surface area contributed by atoms with Crippen LogP contribution in [0.4, 0.5) is 0 Å². The molecule has 0 bridgehead atoms. The predicted octanol–water partition coefficient (Wildman–Crippen LogP) is 1.97. The van der Waals surface area contributed by atoms with Gasteiger partial charge in [0.05, 0.1) is 5.02 Å². The van der Waals surface area contributed by atoms with Gasteiger partial charge in [0.2, 0.25) is 0 Å². The Bertz CT molecular complexity index is 394. The number of hydrogen-bond donors (Lipinski definition) is 1. The summed E-state index contributed by atoms with van der Waals surface area (Å²) in [5, 5.41) is 0.558. The molecular weight excluding hydrogens is 224 g/mol. The Labute approximate surface area is 100 Å². The van der Waals surface area contributed by atoms with E-state index >= 15 is 0 Å². The number of carbonyl (C=O) groups excluding carboxylic acids is 1. The Morgan fingerprint density at radius 1 is 1.56 bits per heavy atom. The number of nitrogens with two attached hydrogens (primary N) is 1. The van der Waals surface area contributed by atoms with Crippen LogP contribution in [0.15, 0.2) is 18.5 Å². The van der Waals surface area contributed by atoms with Gasteiger partial charge >= 0.3 is 0 Å². The zero-order valence-electron chi connectivity index (χ0n) is 9.03. The molecule has 1 aromatic heterocycles. The SMILES string of the molecule is NC1CCCC1C(=O)Cc1ccncc1Cl. The first-order valence-corrected chi connectivity index (χ1v) is 5.93. The molecule has 2 rings (SSSR count). The third-order valence-corrected chi connectivity index (χ3v) is 3.54. The fourth-order valence-corrected chi connectivity index (χ4v) is 2.44. The van der Waals surface area contributed by atoms with Gasteiger partial charge in [-0.05, 0) is 24.5 Å². The molecule has 0 aliphatic heterocycles. The van der Waals surface area contributed by atoms with E-state index in [0.717, 1.165) is 24.8 Å². The molecule has 1 saturated carbocycles. The van der Waals surface area contributed by atoms with Crippen molar-refractivity contribution in [1.29, 1.82) is 0 Å². The van der Waals surface area contributed by atoms with E-state index in [0.29, 0.717) is 11.4 Å². The molecular formula is C12H15ClN2O. The molecule has 3 nitrogen and oxygen atoms in total. The van der Waals surface area contributed by atoms with Crippen LogP contribution in [0.1, 0.15) is 24.8 Å². The molecule has 1 heterocycles. The van der Waals surface area contributed by atoms with Crippen molar-refractivity contribution < 1.29 is 4.79 Å². The Balaban J connectivity index is 2.05. The molecule has 0 amide bonds. The van der Waals surface area contributed by atoms with Gasteiger partial charge in [-0.25, -0.2) is 0 Å². The van der Waals surface area contributed by atoms with Crippen LogP contribution in [0.2, 0.25) is 5.02 Å². The van der Waals surface area contributed by atoms with Crippen molar-refractivity contribution in [2.45, 2.75) is 31.7 Å². The molecule has 4 heteroatoms. The lowest BCUT2D eigenvalue weighted by Crippen LogP contribution is -2.31. The van der Waals surface area contributed by atoms with Crippen LogP contribution in [0.5, 0.6) is 0 Å². The molecule has 2 unspecified atom stereocenters. The van der Waals surface area contributed by atoms with Crippen LogP contribution in [0, 0.1) is 5.92 Å². The lowest BCUT2D eigenvalue weighted by molar-refractivity contribution is -0.122. The van der Waals surface area contributed by atoms with Gasteiger partial charge in [-0.15, -0.1) is 0 Å². The molecule has 1 fully saturated rings. The largest absolute Gasteiger partial charge is 0.327 e. The van der Waals surface area contributed by atoms with E-state index in [1.54, 1.807) is 18.5 Å². The number of nitrogens with zero attached hydrogens (tertiary/aromatic N) is 1. The second-order valence-corrected chi connectivity index (χ2v) is 4.72. The summed E-state index contributed by atoms with van der Waals surface area (Å²) < 4.78 is 0. The third kappa shape index (κ3) is 2.42. The van der Waals surface area contributed by atoms with Gasteiger partial charge in [0.15, 0.2) is 0 Å². The highest BCUT2D eigenvalue weighted by Crippen LogP contribution is 2.26. The van der Waals surface area contributed by atoms with Gasteiger partial charge in [-0.1, -0.05) is 18.0 Å². The summed E-state index contributed by atoms with van der Waals surface area (Å²) in [4.78, 5) is 15.9. The molecule has 1 aromatic rings. The maximum atomic E-state index is 12.0. The highest BCUT2D eigenvalue weighted by atomic mass is 35.5. The van der Waals surface area contributed by atoms with E-state index in [2.05, 4.69) is 4.98 Å². The summed E-state index contributed by atoms with van der Waals surface area (Å²) in [6.45, 7) is 0. The topological polar surface area (TPSA) is 56.0 Å². The summed E-state index contributed by atoms with van der Waals surface area (Å²) in [7, 11) is 0. The summed E-state index contributed by atoms with van der Waals surface area (Å²) >= 11 is 5.97. The smallest absolute Gasteiger partial charge is 0.141 e. The molecule has 2 N–H and O–H groups in total. The van der Waals surface area contributed by atoms with Crippen molar-refractivity contribution in [3.05, 3.63) is 29.0 Å². The molecule has 0 radical (unpaired) electrons. The van der Waals surface area contributed by atoms with Crippen molar-refractivity contribution in [3.8, 4) is 0 Å². The summed E-state index contributed by atoms with van der Waals surface area (Å²) in [5.74, 6) is 0.224. The molecule has 0 saturated heterocycles. The van der Waals surface area contributed by atoms with Crippen LogP contribution in [-0.2, 0) is 11.2 Å². The minimum atomic E-state index is 0.0178. The molecule has 0 aromatic carbocycles. The molecule has 16 heavy (non-hydrogen) atoms. The highest BCUT2D eigenvalue weighted by molar-refractivity contribution is 6.31. The maximum absolute atomic E-state index is 12.0. The fraction of sp³-hybridized carbons (Fsp3) is 0.500. The zero-order valence-corrected chi connectivity index (χ0v) is 9.78. The molecule has 2 atom stereocenters. The van der Waals surface area contributed by atoms with Crippen LogP contribution in [0.3, 0.4) is 0 Å². The standard InChI is InChI=1S/C12H15ClN2O/c13-10-7-15-5-4-8(10)6-12(16)9-2-1-3-11(9)14/h4-5,7,9,11H,1-3,6,14H2. The Kier molecular flexibility index (Phi) is 3.56. The van der Waals surface area contributed by atoms with Gasteiger partial charge in [0.25, 0.3) is 0 Å². The van der Waals surface area contributed by atoms with E-state index in [1.807, 2.05) is 0 Å². The van der Waals surface area contributed by atoms with Crippen molar-refractivity contribution >= 4 is 17.4 Å². The Morgan fingerprint density at radius 2 is 2.38 bits per heavy atom. The second-order valence-electron chi connectivity index (χ2n) is 4.31.